The maximum absolute atomic E-state index is 12.2. The fourth-order valence-corrected chi connectivity index (χ4v) is 2.91. The predicted molar refractivity (Wildman–Crippen MR) is 108 cm³/mol. The number of hydrogen-bond acceptors (Lipinski definition) is 8. The van der Waals surface area contributed by atoms with Crippen molar-refractivity contribution >= 4 is 17.6 Å². The van der Waals surface area contributed by atoms with Gasteiger partial charge in [-0.2, -0.15) is 0 Å². The van der Waals surface area contributed by atoms with Crippen LogP contribution in [0.15, 0.2) is 30.7 Å². The molecule has 0 unspecified atom stereocenters. The van der Waals surface area contributed by atoms with Gasteiger partial charge in [0.25, 0.3) is 0 Å². The van der Waals surface area contributed by atoms with E-state index in [1.807, 2.05) is 32.9 Å². The molecule has 1 saturated heterocycles. The van der Waals surface area contributed by atoms with Gasteiger partial charge in [-0.05, 0) is 32.9 Å². The van der Waals surface area contributed by atoms with Crippen molar-refractivity contribution < 1.29 is 19.0 Å². The van der Waals surface area contributed by atoms with Gasteiger partial charge in [0.1, 0.15) is 29.5 Å². The first-order chi connectivity index (χ1) is 13.8. The number of ether oxygens (including phenoxy) is 3. The Bertz CT molecular complexity index is 832. The standard InChI is InChI=1S/C20H27N5O4/c1-20(2,3)29-19(26)25-10-7-14(8-11-25)28-17-12-16(22-13-23-17)24-15-6-5-9-21-18(15)27-4/h5-6,9,12-14H,7-8,10-11H2,1-4H3,(H,22,23,24). The highest BCUT2D eigenvalue weighted by molar-refractivity contribution is 5.68. The van der Waals surface area contributed by atoms with Crippen molar-refractivity contribution in [2.24, 2.45) is 0 Å². The van der Waals surface area contributed by atoms with E-state index in [2.05, 4.69) is 20.3 Å². The van der Waals surface area contributed by atoms with Crippen molar-refractivity contribution in [3.8, 4) is 11.8 Å². The summed E-state index contributed by atoms with van der Waals surface area (Å²) in [5.74, 6) is 1.52. The van der Waals surface area contributed by atoms with Gasteiger partial charge >= 0.3 is 6.09 Å². The summed E-state index contributed by atoms with van der Waals surface area (Å²) in [6, 6.07) is 5.38. The summed E-state index contributed by atoms with van der Waals surface area (Å²) in [5.41, 5.74) is 0.205. The zero-order chi connectivity index (χ0) is 20.9. The van der Waals surface area contributed by atoms with E-state index in [9.17, 15) is 4.79 Å². The second-order valence-corrected chi connectivity index (χ2v) is 7.71. The highest BCUT2D eigenvalue weighted by Crippen LogP contribution is 2.25. The van der Waals surface area contributed by atoms with E-state index in [0.717, 1.165) is 0 Å². The molecule has 1 fully saturated rings. The topological polar surface area (TPSA) is 98.7 Å². The van der Waals surface area contributed by atoms with Crippen molar-refractivity contribution in [2.45, 2.75) is 45.3 Å². The first-order valence-corrected chi connectivity index (χ1v) is 9.57. The highest BCUT2D eigenvalue weighted by Gasteiger charge is 2.27. The first-order valence-electron chi connectivity index (χ1n) is 9.57. The molecule has 2 aromatic rings. The largest absolute Gasteiger partial charge is 0.480 e. The molecule has 1 amide bonds. The maximum atomic E-state index is 12.2. The maximum Gasteiger partial charge on any atom is 0.410 e. The second-order valence-electron chi connectivity index (χ2n) is 7.71. The molecule has 3 rings (SSSR count). The van der Waals surface area contributed by atoms with Crippen LogP contribution in [0.3, 0.4) is 0 Å². The van der Waals surface area contributed by atoms with E-state index in [0.29, 0.717) is 49.2 Å². The van der Waals surface area contributed by atoms with Gasteiger partial charge in [-0.15, -0.1) is 0 Å². The fourth-order valence-electron chi connectivity index (χ4n) is 2.91. The molecule has 0 aliphatic carbocycles. The van der Waals surface area contributed by atoms with Crippen molar-refractivity contribution in [1.82, 2.24) is 19.9 Å². The Labute approximate surface area is 170 Å². The molecule has 0 radical (unpaired) electrons. The summed E-state index contributed by atoms with van der Waals surface area (Å²) >= 11 is 0. The molecule has 2 aromatic heterocycles. The van der Waals surface area contributed by atoms with Crippen molar-refractivity contribution in [1.29, 1.82) is 0 Å². The van der Waals surface area contributed by atoms with Gasteiger partial charge in [-0.25, -0.2) is 19.7 Å². The fraction of sp³-hybridized carbons (Fsp3) is 0.500. The Balaban J connectivity index is 1.55. The smallest absolute Gasteiger partial charge is 0.410 e. The van der Waals surface area contributed by atoms with Gasteiger partial charge in [-0.3, -0.25) is 0 Å². The monoisotopic (exact) mass is 401 g/mol. The summed E-state index contributed by atoms with van der Waals surface area (Å²) < 4.78 is 16.7. The van der Waals surface area contributed by atoms with Crippen molar-refractivity contribution in [3.05, 3.63) is 30.7 Å². The first kappa shape index (κ1) is 20.6. The number of nitrogens with one attached hydrogen (secondary N) is 1. The molecule has 29 heavy (non-hydrogen) atoms. The number of carbonyl (C=O) groups excluding carboxylic acids is 1. The zero-order valence-corrected chi connectivity index (χ0v) is 17.2. The zero-order valence-electron chi connectivity index (χ0n) is 17.2. The Hall–Kier alpha value is -3.10. The van der Waals surface area contributed by atoms with Crippen LogP contribution in [0.25, 0.3) is 0 Å². The quantitative estimate of drug-likeness (QED) is 0.814. The average Bonchev–Trinajstić information content (AvgIpc) is 2.68. The van der Waals surface area contributed by atoms with Gasteiger partial charge in [0.15, 0.2) is 0 Å². The molecule has 0 bridgehead atoms. The van der Waals surface area contributed by atoms with E-state index < -0.39 is 5.60 Å². The number of piperidine rings is 1. The molecule has 0 saturated carbocycles. The SMILES string of the molecule is COc1ncccc1Nc1cc(OC2CCN(C(=O)OC(C)(C)C)CC2)ncn1. The average molecular weight is 401 g/mol. The molecule has 9 nitrogen and oxygen atoms in total. The second kappa shape index (κ2) is 8.93. The lowest BCUT2D eigenvalue weighted by Crippen LogP contribution is -2.44. The molecular formula is C20H27N5O4. The van der Waals surface area contributed by atoms with Gasteiger partial charge in [0.05, 0.1) is 7.11 Å². The number of aromatic nitrogens is 3. The van der Waals surface area contributed by atoms with Crippen LogP contribution in [0.5, 0.6) is 11.8 Å². The normalized spacial score (nSPS) is 15.0. The van der Waals surface area contributed by atoms with Crippen LogP contribution >= 0.6 is 0 Å². The van der Waals surface area contributed by atoms with E-state index in [4.69, 9.17) is 14.2 Å². The lowest BCUT2D eigenvalue weighted by molar-refractivity contribution is 0.0123. The van der Waals surface area contributed by atoms with E-state index in [1.165, 1.54) is 6.33 Å². The Morgan fingerprint density at radius 1 is 1.21 bits per heavy atom. The summed E-state index contributed by atoms with van der Waals surface area (Å²) in [7, 11) is 1.56. The predicted octanol–water partition coefficient (Wildman–Crippen LogP) is 3.40. The van der Waals surface area contributed by atoms with Gasteiger partial charge < -0.3 is 24.4 Å². The van der Waals surface area contributed by atoms with Crippen LogP contribution in [0.4, 0.5) is 16.3 Å². The van der Waals surface area contributed by atoms with Crippen molar-refractivity contribution in [3.63, 3.8) is 0 Å². The lowest BCUT2D eigenvalue weighted by atomic mass is 10.1. The minimum atomic E-state index is -0.494. The van der Waals surface area contributed by atoms with Crippen LogP contribution < -0.4 is 14.8 Å². The Morgan fingerprint density at radius 2 is 1.97 bits per heavy atom. The molecule has 1 aliphatic heterocycles. The highest BCUT2D eigenvalue weighted by atomic mass is 16.6. The molecule has 3 heterocycles. The molecule has 1 N–H and O–H groups in total. The number of methoxy groups -OCH3 is 1. The molecule has 156 valence electrons. The van der Waals surface area contributed by atoms with E-state index in [-0.39, 0.29) is 12.2 Å². The Kier molecular flexibility index (Phi) is 6.36. The third-order valence-electron chi connectivity index (χ3n) is 4.25. The summed E-state index contributed by atoms with van der Waals surface area (Å²) in [4.78, 5) is 26.4. The van der Waals surface area contributed by atoms with Crippen LogP contribution in [-0.4, -0.2) is 57.8 Å². The van der Waals surface area contributed by atoms with Crippen molar-refractivity contribution in [2.75, 3.05) is 25.5 Å². The van der Waals surface area contributed by atoms with E-state index in [1.54, 1.807) is 24.3 Å². The minimum Gasteiger partial charge on any atom is -0.480 e. The molecule has 9 heteroatoms. The number of anilines is 2. The molecular weight excluding hydrogens is 374 g/mol. The van der Waals surface area contributed by atoms with Crippen LogP contribution in [0, 0.1) is 0 Å². The minimum absolute atomic E-state index is 0.0237. The molecule has 1 aliphatic rings. The van der Waals surface area contributed by atoms with E-state index >= 15 is 0 Å². The van der Waals surface area contributed by atoms with Gasteiger partial charge in [0, 0.05) is 38.2 Å². The van der Waals surface area contributed by atoms with Crippen LogP contribution in [-0.2, 0) is 4.74 Å². The number of nitrogens with zero attached hydrogens (tertiary/aromatic N) is 4. The molecule has 0 aromatic carbocycles. The molecule has 0 spiro atoms. The summed E-state index contributed by atoms with van der Waals surface area (Å²) in [5, 5.41) is 3.16. The third kappa shape index (κ3) is 5.94. The number of amides is 1. The summed E-state index contributed by atoms with van der Waals surface area (Å²) in [6.07, 6.45) is 4.21. The van der Waals surface area contributed by atoms with Crippen LogP contribution in [0.2, 0.25) is 0 Å². The number of rotatable bonds is 5. The molecule has 0 atom stereocenters. The number of hydrogen-bond donors (Lipinski definition) is 1. The number of carbonyl (C=O) groups is 1. The number of pyridine rings is 1. The third-order valence-corrected chi connectivity index (χ3v) is 4.25. The number of likely N-dealkylation sites (tertiary alicyclic amines) is 1. The Morgan fingerprint density at radius 3 is 2.66 bits per heavy atom. The lowest BCUT2D eigenvalue weighted by Gasteiger charge is -2.33. The van der Waals surface area contributed by atoms with Gasteiger partial charge in [0.2, 0.25) is 11.8 Å². The van der Waals surface area contributed by atoms with Gasteiger partial charge in [-0.1, -0.05) is 0 Å². The van der Waals surface area contributed by atoms with Crippen LogP contribution in [0.1, 0.15) is 33.6 Å². The summed E-state index contributed by atoms with van der Waals surface area (Å²) in [6.45, 7) is 6.76.